The van der Waals surface area contributed by atoms with Crippen LogP contribution in [0.5, 0.6) is 23.0 Å². The zero-order valence-electron chi connectivity index (χ0n) is 34.4. The minimum Gasteiger partial charge on any atom is -0.459 e. The Morgan fingerprint density at radius 2 is 1.16 bits per heavy atom. The fourth-order valence-corrected chi connectivity index (χ4v) is 8.38. The predicted octanol–water partition coefficient (Wildman–Crippen LogP) is 2.75. The topological polar surface area (TPSA) is 263 Å². The Hall–Kier alpha value is -4.54. The van der Waals surface area contributed by atoms with E-state index >= 15 is 8.78 Å². The first-order chi connectivity index (χ1) is 30.2. The second-order valence-electron chi connectivity index (χ2n) is 16.2. The highest BCUT2D eigenvalue weighted by Crippen LogP contribution is 2.58. The number of ether oxygens (including phenoxy) is 6. The quantitative estimate of drug-likeness (QED) is 0.0697. The van der Waals surface area contributed by atoms with Crippen LogP contribution in [-0.2, 0) is 24.6 Å². The molecule has 0 radical (unpaired) electrons. The van der Waals surface area contributed by atoms with Gasteiger partial charge in [-0.2, -0.15) is 0 Å². The molecule has 9 N–H and O–H groups in total. The molecule has 1 amide bonds. The molecule has 0 saturated carbocycles. The van der Waals surface area contributed by atoms with Crippen LogP contribution in [0.25, 0.3) is 0 Å². The van der Waals surface area contributed by atoms with Gasteiger partial charge in [-0.1, -0.05) is 64.4 Å². The molecule has 344 valence electrons. The van der Waals surface area contributed by atoms with Gasteiger partial charge in [0.25, 0.3) is 0 Å². The third kappa shape index (κ3) is 9.22. The van der Waals surface area contributed by atoms with E-state index < -0.39 is 109 Å². The molecule has 2 saturated heterocycles. The van der Waals surface area contributed by atoms with Gasteiger partial charge < -0.3 is 74.6 Å². The van der Waals surface area contributed by atoms with Crippen molar-refractivity contribution in [1.29, 1.82) is 0 Å². The number of benzene rings is 3. The normalized spacial score (nSPS) is 28.1. The van der Waals surface area contributed by atoms with Crippen molar-refractivity contribution in [2.45, 2.75) is 138 Å². The zero-order chi connectivity index (χ0) is 45.2. The summed E-state index contributed by atoms with van der Waals surface area (Å²) in [6.07, 6.45) is -7.50. The number of aliphatic hydroxyl groups excluding tert-OH is 8. The number of carbonyl (C=O) groups is 2. The molecule has 63 heavy (non-hydrogen) atoms. The number of fused-ring (bicyclic) bond motifs is 6. The van der Waals surface area contributed by atoms with Gasteiger partial charge in [0.2, 0.25) is 18.5 Å². The largest absolute Gasteiger partial charge is 0.459 e. The van der Waals surface area contributed by atoms with Gasteiger partial charge in [0, 0.05) is 29.8 Å². The van der Waals surface area contributed by atoms with E-state index in [2.05, 4.69) is 12.2 Å². The van der Waals surface area contributed by atoms with Gasteiger partial charge in [-0.25, -0.2) is 13.6 Å². The monoisotopic (exact) mass is 889 g/mol. The van der Waals surface area contributed by atoms with E-state index in [0.29, 0.717) is 6.42 Å². The van der Waals surface area contributed by atoms with Crippen LogP contribution in [-0.4, -0.2) is 127 Å². The van der Waals surface area contributed by atoms with Crippen LogP contribution in [0.1, 0.15) is 98.2 Å². The number of anilines is 1. The Morgan fingerprint density at radius 3 is 1.65 bits per heavy atom. The molecule has 3 aromatic rings. The third-order valence-electron chi connectivity index (χ3n) is 11.9. The lowest BCUT2D eigenvalue weighted by Gasteiger charge is -2.40. The van der Waals surface area contributed by atoms with Gasteiger partial charge in [0.1, 0.15) is 60.3 Å². The van der Waals surface area contributed by atoms with E-state index in [9.17, 15) is 50.4 Å². The lowest BCUT2D eigenvalue weighted by Crippen LogP contribution is -2.60. The molecule has 0 unspecified atom stereocenters. The molecule has 4 aliphatic heterocycles. The fourth-order valence-electron chi connectivity index (χ4n) is 8.38. The molecule has 0 bridgehead atoms. The number of aliphatic hydroxyl groups is 8. The van der Waals surface area contributed by atoms with Gasteiger partial charge in [0.05, 0.1) is 29.9 Å². The maximum absolute atomic E-state index is 16.2. The summed E-state index contributed by atoms with van der Waals surface area (Å²) < 4.78 is 66.7. The Labute approximate surface area is 360 Å². The minimum atomic E-state index is -2.13. The molecule has 3 aromatic carbocycles. The van der Waals surface area contributed by atoms with Gasteiger partial charge in [-0.15, -0.1) is 0 Å². The van der Waals surface area contributed by atoms with E-state index in [1.807, 2.05) is 0 Å². The molecular formula is C44H53F2NO16. The molecule has 10 atom stereocenters. The lowest BCUT2D eigenvalue weighted by molar-refractivity contribution is -0.277. The van der Waals surface area contributed by atoms with Crippen molar-refractivity contribution in [3.05, 3.63) is 76.4 Å². The van der Waals surface area contributed by atoms with Crippen molar-refractivity contribution in [1.82, 2.24) is 0 Å². The van der Waals surface area contributed by atoms with E-state index in [4.69, 9.17) is 28.4 Å². The molecule has 0 aliphatic carbocycles. The number of hydrogen-bond donors (Lipinski definition) is 9. The van der Waals surface area contributed by atoms with E-state index in [0.717, 1.165) is 49.9 Å². The van der Waals surface area contributed by atoms with Crippen LogP contribution in [0.4, 0.5) is 14.5 Å². The summed E-state index contributed by atoms with van der Waals surface area (Å²) >= 11 is 0. The summed E-state index contributed by atoms with van der Waals surface area (Å²) in [7, 11) is 0. The van der Waals surface area contributed by atoms with Crippen LogP contribution in [0.2, 0.25) is 0 Å². The third-order valence-corrected chi connectivity index (χ3v) is 11.9. The van der Waals surface area contributed by atoms with Gasteiger partial charge >= 0.3 is 5.97 Å². The summed E-state index contributed by atoms with van der Waals surface area (Å²) in [6.45, 7) is 0.588. The van der Waals surface area contributed by atoms with Crippen molar-refractivity contribution in [3.63, 3.8) is 0 Å². The number of nitrogens with one attached hydrogen (secondary N) is 1. The minimum absolute atomic E-state index is 0.0567. The fraction of sp³-hybridized carbons (Fsp3) is 0.545. The lowest BCUT2D eigenvalue weighted by atomic mass is 9.77. The number of carbonyl (C=O) groups excluding carboxylic acids is 2. The Bertz CT molecular complexity index is 2030. The first-order valence-corrected chi connectivity index (χ1v) is 21.2. The van der Waals surface area contributed by atoms with Crippen LogP contribution < -0.4 is 19.5 Å². The Morgan fingerprint density at radius 1 is 0.667 bits per heavy atom. The van der Waals surface area contributed by atoms with Gasteiger partial charge in [-0.05, 0) is 30.7 Å². The highest BCUT2D eigenvalue weighted by molar-refractivity contribution is 5.99. The van der Waals surface area contributed by atoms with E-state index in [-0.39, 0.29) is 51.8 Å². The highest BCUT2D eigenvalue weighted by atomic mass is 19.1. The van der Waals surface area contributed by atoms with E-state index in [1.54, 1.807) is 0 Å². The van der Waals surface area contributed by atoms with Crippen LogP contribution >= 0.6 is 0 Å². The van der Waals surface area contributed by atoms with Crippen LogP contribution in [0.15, 0.2) is 42.5 Å². The molecule has 1 spiro atoms. The number of hydrogen-bond acceptors (Lipinski definition) is 16. The SMILES string of the molecule is CCCCCCCCCCCC(=O)Nc1ccc2c(c1)C(=O)OC21c2cc(F)c(O[C@@H]3O[C@H](CO)[C@H](O)[C@H](O)[C@H]3O)cc2Oc2cc(O[C@@H]3O[C@H](CO)[C@H](O)[C@H](O)[C@H]3O)c(F)cc21. The number of amides is 1. The Kier molecular flexibility index (Phi) is 14.5. The van der Waals surface area contributed by atoms with Crippen molar-refractivity contribution in [2.24, 2.45) is 0 Å². The average molecular weight is 890 g/mol. The second-order valence-corrected chi connectivity index (χ2v) is 16.2. The molecule has 4 heterocycles. The molecule has 19 heteroatoms. The van der Waals surface area contributed by atoms with Crippen LogP contribution in [0.3, 0.4) is 0 Å². The average Bonchev–Trinajstić information content (AvgIpc) is 3.55. The molecule has 2 fully saturated rings. The molecular weight excluding hydrogens is 836 g/mol. The first kappa shape index (κ1) is 46.5. The van der Waals surface area contributed by atoms with Crippen molar-refractivity contribution in [2.75, 3.05) is 18.5 Å². The highest BCUT2D eigenvalue weighted by Gasteiger charge is 2.55. The van der Waals surface area contributed by atoms with Crippen molar-refractivity contribution < 1.29 is 87.6 Å². The Balaban J connectivity index is 1.20. The second kappa shape index (κ2) is 19.7. The van der Waals surface area contributed by atoms with Crippen LogP contribution in [0, 0.1) is 11.6 Å². The first-order valence-electron chi connectivity index (χ1n) is 21.2. The van der Waals surface area contributed by atoms with E-state index in [1.165, 1.54) is 43.9 Å². The molecule has 17 nitrogen and oxygen atoms in total. The summed E-state index contributed by atoms with van der Waals surface area (Å²) in [5, 5.41) is 84.4. The zero-order valence-corrected chi connectivity index (χ0v) is 34.4. The maximum atomic E-state index is 16.2. The predicted molar refractivity (Wildman–Crippen MR) is 214 cm³/mol. The number of halogens is 2. The summed E-state index contributed by atoms with van der Waals surface area (Å²) in [4.78, 5) is 26.8. The standard InChI is InChI=1S/C44H53F2NO16/c1-2-3-4-5-6-7-8-9-10-11-34(50)47-21-12-13-23-22(14-21)41(57)63-44(23)24-15-26(45)30(59-42-39(55)37(53)35(51)32(19-48)61-42)17-28(24)58-29-18-31(27(46)16-25(29)44)60-43-40(56)38(54)36(52)33(20-49)62-43/h12-18,32-33,35-40,42-43,48-49,51-56H,2-11,19-20H2,1H3,(H,47,50)/t32-,33-,35+,36+,37+,38+,39-,40-,42-,43-/m1/s1. The number of esters is 1. The summed E-state index contributed by atoms with van der Waals surface area (Å²) in [5.41, 5.74) is -2.15. The molecule has 7 rings (SSSR count). The number of unbranched alkanes of at least 4 members (excludes halogenated alkanes) is 8. The van der Waals surface area contributed by atoms with Gasteiger partial charge in [0.15, 0.2) is 28.7 Å². The molecule has 4 aliphatic rings. The van der Waals surface area contributed by atoms with Crippen molar-refractivity contribution in [3.8, 4) is 23.0 Å². The van der Waals surface area contributed by atoms with Crippen molar-refractivity contribution >= 4 is 17.6 Å². The smallest absolute Gasteiger partial charge is 0.340 e. The maximum Gasteiger partial charge on any atom is 0.340 e. The summed E-state index contributed by atoms with van der Waals surface area (Å²) in [5.74, 6) is -5.22. The summed E-state index contributed by atoms with van der Waals surface area (Å²) in [6, 6.07) is 8.13. The van der Waals surface area contributed by atoms with Gasteiger partial charge in [-0.3, -0.25) is 4.79 Å². The molecule has 0 aromatic heterocycles. The number of rotatable bonds is 17.